The first-order valence-electron chi connectivity index (χ1n) is 3.64. The molecule has 0 radical (unpaired) electrons. The molecule has 2 aromatic heterocycles. The number of carbonyl (C=O) groups excluding carboxylic acids is 1. The lowest BCUT2D eigenvalue weighted by atomic mass is 10.2. The summed E-state index contributed by atoms with van der Waals surface area (Å²) in [5, 5.41) is 9.24. The molecule has 5 heteroatoms. The Morgan fingerprint density at radius 3 is 3.08 bits per heavy atom. The van der Waals surface area contributed by atoms with Gasteiger partial charge in [-0.25, -0.2) is 0 Å². The maximum atomic E-state index is 10.8. The Balaban J connectivity index is 2.72. The SMILES string of the molecule is NC(=O)c1cnc2ccn(O)c2c1. The van der Waals surface area contributed by atoms with Crippen LogP contribution in [-0.4, -0.2) is 20.8 Å². The first kappa shape index (κ1) is 7.60. The lowest BCUT2D eigenvalue weighted by Gasteiger charge is -1.96. The second-order valence-electron chi connectivity index (χ2n) is 2.65. The van der Waals surface area contributed by atoms with Gasteiger partial charge in [-0.2, -0.15) is 4.73 Å². The summed E-state index contributed by atoms with van der Waals surface area (Å²) < 4.78 is 0.898. The largest absolute Gasteiger partial charge is 0.428 e. The predicted molar refractivity (Wildman–Crippen MR) is 45.4 cm³/mol. The molecular weight excluding hydrogens is 170 g/mol. The number of nitrogens with zero attached hydrogens (tertiary/aromatic N) is 2. The summed E-state index contributed by atoms with van der Waals surface area (Å²) >= 11 is 0. The van der Waals surface area contributed by atoms with Gasteiger partial charge in [-0.1, -0.05) is 0 Å². The van der Waals surface area contributed by atoms with Crippen LogP contribution in [0.2, 0.25) is 0 Å². The van der Waals surface area contributed by atoms with Gasteiger partial charge in [0.25, 0.3) is 0 Å². The molecule has 13 heavy (non-hydrogen) atoms. The molecule has 0 aliphatic rings. The van der Waals surface area contributed by atoms with Crippen molar-refractivity contribution >= 4 is 16.9 Å². The normalized spacial score (nSPS) is 10.5. The van der Waals surface area contributed by atoms with Crippen molar-refractivity contribution in [2.24, 2.45) is 5.73 Å². The van der Waals surface area contributed by atoms with Crippen LogP contribution in [0.4, 0.5) is 0 Å². The molecule has 2 aromatic rings. The average Bonchev–Trinajstić information content (AvgIpc) is 2.47. The molecule has 0 aromatic carbocycles. The second kappa shape index (κ2) is 2.48. The Kier molecular flexibility index (Phi) is 1.45. The van der Waals surface area contributed by atoms with Gasteiger partial charge in [-0.15, -0.1) is 0 Å². The zero-order chi connectivity index (χ0) is 9.42. The zero-order valence-corrected chi connectivity index (χ0v) is 6.64. The molecule has 2 heterocycles. The summed E-state index contributed by atoms with van der Waals surface area (Å²) in [6, 6.07) is 3.13. The van der Waals surface area contributed by atoms with Gasteiger partial charge in [-0.3, -0.25) is 9.78 Å². The number of nitrogens with two attached hydrogens (primary N) is 1. The van der Waals surface area contributed by atoms with Crippen molar-refractivity contribution in [2.75, 3.05) is 0 Å². The molecule has 0 aliphatic carbocycles. The minimum atomic E-state index is -0.560. The van der Waals surface area contributed by atoms with Crippen molar-refractivity contribution in [1.29, 1.82) is 0 Å². The Hall–Kier alpha value is -2.04. The highest BCUT2D eigenvalue weighted by Gasteiger charge is 2.05. The molecule has 0 unspecified atom stereocenters. The number of carbonyl (C=O) groups is 1. The quantitative estimate of drug-likeness (QED) is 0.617. The molecule has 3 N–H and O–H groups in total. The van der Waals surface area contributed by atoms with Crippen LogP contribution in [0.1, 0.15) is 10.4 Å². The lowest BCUT2D eigenvalue weighted by molar-refractivity contribution is 0.1000. The summed E-state index contributed by atoms with van der Waals surface area (Å²) in [5.74, 6) is -0.560. The second-order valence-corrected chi connectivity index (χ2v) is 2.65. The number of pyridine rings is 1. The topological polar surface area (TPSA) is 81.1 Å². The van der Waals surface area contributed by atoms with Crippen molar-refractivity contribution in [3.8, 4) is 0 Å². The number of primary amides is 1. The summed E-state index contributed by atoms with van der Waals surface area (Å²) in [7, 11) is 0. The molecular formula is C8H7N3O2. The maximum absolute atomic E-state index is 10.8. The van der Waals surface area contributed by atoms with Crippen molar-refractivity contribution in [1.82, 2.24) is 9.71 Å². The van der Waals surface area contributed by atoms with Gasteiger partial charge in [0.05, 0.1) is 11.1 Å². The van der Waals surface area contributed by atoms with Crippen LogP contribution in [0.15, 0.2) is 24.5 Å². The van der Waals surface area contributed by atoms with Crippen LogP contribution < -0.4 is 5.73 Å². The van der Waals surface area contributed by atoms with E-state index in [1.54, 1.807) is 6.07 Å². The third-order valence-corrected chi connectivity index (χ3v) is 1.80. The number of amides is 1. The van der Waals surface area contributed by atoms with Gasteiger partial charge in [0.15, 0.2) is 0 Å². The minimum Gasteiger partial charge on any atom is -0.428 e. The van der Waals surface area contributed by atoms with E-state index >= 15 is 0 Å². The fraction of sp³-hybridized carbons (Fsp3) is 0. The summed E-state index contributed by atoms with van der Waals surface area (Å²) in [4.78, 5) is 14.7. The van der Waals surface area contributed by atoms with E-state index in [9.17, 15) is 10.0 Å². The third-order valence-electron chi connectivity index (χ3n) is 1.80. The summed E-state index contributed by atoms with van der Waals surface area (Å²) in [6.45, 7) is 0. The third kappa shape index (κ3) is 1.10. The number of aromatic nitrogens is 2. The molecule has 2 rings (SSSR count). The van der Waals surface area contributed by atoms with Crippen LogP contribution in [-0.2, 0) is 0 Å². The highest BCUT2D eigenvalue weighted by molar-refractivity contribution is 5.95. The van der Waals surface area contributed by atoms with E-state index in [0.717, 1.165) is 4.73 Å². The van der Waals surface area contributed by atoms with Gasteiger partial charge in [0.2, 0.25) is 5.91 Å². The fourth-order valence-corrected chi connectivity index (χ4v) is 1.13. The molecule has 0 spiro atoms. The summed E-state index contributed by atoms with van der Waals surface area (Å²) in [6.07, 6.45) is 2.83. The van der Waals surface area contributed by atoms with Crippen molar-refractivity contribution in [3.63, 3.8) is 0 Å². The van der Waals surface area contributed by atoms with Crippen LogP contribution in [0.3, 0.4) is 0 Å². The van der Waals surface area contributed by atoms with Crippen molar-refractivity contribution < 1.29 is 10.0 Å². The molecule has 0 aliphatic heterocycles. The van der Waals surface area contributed by atoms with E-state index in [2.05, 4.69) is 4.98 Å². The fourth-order valence-electron chi connectivity index (χ4n) is 1.13. The first-order chi connectivity index (χ1) is 6.18. The van der Waals surface area contributed by atoms with E-state index in [1.807, 2.05) is 0 Å². The number of rotatable bonds is 1. The Labute approximate surface area is 73.4 Å². The Morgan fingerprint density at radius 1 is 1.62 bits per heavy atom. The standard InChI is InChI=1S/C8H7N3O2/c9-8(12)5-3-7-6(10-4-5)1-2-11(7)13/h1-4,13H,(H2,9,12). The van der Waals surface area contributed by atoms with E-state index in [4.69, 9.17) is 5.73 Å². The van der Waals surface area contributed by atoms with Crippen LogP contribution in [0, 0.1) is 0 Å². The average molecular weight is 177 g/mol. The molecule has 5 nitrogen and oxygen atoms in total. The first-order valence-corrected chi connectivity index (χ1v) is 3.64. The number of hydrogen-bond donors (Lipinski definition) is 2. The lowest BCUT2D eigenvalue weighted by Crippen LogP contribution is -2.11. The molecule has 0 atom stereocenters. The number of hydrogen-bond acceptors (Lipinski definition) is 3. The molecule has 0 bridgehead atoms. The van der Waals surface area contributed by atoms with Gasteiger partial charge >= 0.3 is 0 Å². The van der Waals surface area contributed by atoms with Gasteiger partial charge < -0.3 is 10.9 Å². The molecule has 0 fully saturated rings. The molecule has 66 valence electrons. The Morgan fingerprint density at radius 2 is 2.38 bits per heavy atom. The monoisotopic (exact) mass is 177 g/mol. The molecule has 1 amide bonds. The predicted octanol–water partition coefficient (Wildman–Crippen LogP) is 0.372. The highest BCUT2D eigenvalue weighted by atomic mass is 16.5. The van der Waals surface area contributed by atoms with E-state index in [-0.39, 0.29) is 5.56 Å². The maximum Gasteiger partial charge on any atom is 0.250 e. The van der Waals surface area contributed by atoms with Crippen LogP contribution in [0.25, 0.3) is 11.0 Å². The Bertz CT molecular complexity index is 475. The van der Waals surface area contributed by atoms with Gasteiger partial charge in [0.1, 0.15) is 5.52 Å². The van der Waals surface area contributed by atoms with Crippen molar-refractivity contribution in [2.45, 2.75) is 0 Å². The summed E-state index contributed by atoms with van der Waals surface area (Å²) in [5.41, 5.74) is 6.42. The van der Waals surface area contributed by atoms with E-state index in [0.29, 0.717) is 11.0 Å². The highest BCUT2D eigenvalue weighted by Crippen LogP contribution is 2.12. The van der Waals surface area contributed by atoms with Crippen LogP contribution in [0.5, 0.6) is 0 Å². The van der Waals surface area contributed by atoms with Crippen LogP contribution >= 0.6 is 0 Å². The molecule has 0 saturated carbocycles. The van der Waals surface area contributed by atoms with E-state index in [1.165, 1.54) is 18.5 Å². The zero-order valence-electron chi connectivity index (χ0n) is 6.64. The smallest absolute Gasteiger partial charge is 0.250 e. The number of fused-ring (bicyclic) bond motifs is 1. The minimum absolute atomic E-state index is 0.279. The molecule has 0 saturated heterocycles. The van der Waals surface area contributed by atoms with Crippen molar-refractivity contribution in [3.05, 3.63) is 30.1 Å². The van der Waals surface area contributed by atoms with Gasteiger partial charge in [-0.05, 0) is 12.1 Å². The van der Waals surface area contributed by atoms with Gasteiger partial charge in [0, 0.05) is 12.4 Å². The van der Waals surface area contributed by atoms with E-state index < -0.39 is 5.91 Å².